The topological polar surface area (TPSA) is 167 Å². The van der Waals surface area contributed by atoms with Crippen molar-refractivity contribution in [2.45, 2.75) is 64.4 Å². The van der Waals surface area contributed by atoms with E-state index in [1.807, 2.05) is 0 Å². The standard InChI is InChI=1S/C27H30F4N4O7/c1-10(2)21-26(40)32-12(4)19(34-24(38)13-7-5-6-8-16(13)36)25(39)33-15(20(37)11(3)27(41)42-21)9-14-17(28)18(29)23(31)35-22(14)30/h5-8,10-12,15,19-21,36-37H,9H2,1-4H3,(H,32,40)(H,33,39)(H,34,38). The summed E-state index contributed by atoms with van der Waals surface area (Å²) >= 11 is 0. The average molecular weight is 599 g/mol. The number of aromatic hydroxyl groups is 1. The summed E-state index contributed by atoms with van der Waals surface area (Å²) in [6.07, 6.45) is -4.37. The van der Waals surface area contributed by atoms with Gasteiger partial charge in [-0.05, 0) is 31.9 Å². The largest absolute Gasteiger partial charge is 0.507 e. The second-order valence-electron chi connectivity index (χ2n) is 10.3. The first-order valence-corrected chi connectivity index (χ1v) is 12.9. The van der Waals surface area contributed by atoms with Gasteiger partial charge in [-0.1, -0.05) is 26.0 Å². The molecule has 15 heteroatoms. The van der Waals surface area contributed by atoms with E-state index in [1.54, 1.807) is 13.8 Å². The maximum Gasteiger partial charge on any atom is 0.312 e. The highest BCUT2D eigenvalue weighted by atomic mass is 19.2. The van der Waals surface area contributed by atoms with Crippen LogP contribution in [-0.2, 0) is 25.5 Å². The number of aromatic nitrogens is 1. The number of carbonyl (C=O) groups excluding carboxylic acids is 4. The van der Waals surface area contributed by atoms with Crippen LogP contribution in [-0.4, -0.2) is 69.2 Å². The van der Waals surface area contributed by atoms with Crippen molar-refractivity contribution in [1.82, 2.24) is 20.9 Å². The molecule has 42 heavy (non-hydrogen) atoms. The van der Waals surface area contributed by atoms with E-state index in [-0.39, 0.29) is 5.56 Å². The van der Waals surface area contributed by atoms with E-state index >= 15 is 0 Å². The van der Waals surface area contributed by atoms with E-state index in [9.17, 15) is 47.0 Å². The molecule has 1 fully saturated rings. The van der Waals surface area contributed by atoms with Gasteiger partial charge in [-0.3, -0.25) is 19.2 Å². The number of amides is 3. The zero-order valence-electron chi connectivity index (χ0n) is 23.0. The molecule has 11 nitrogen and oxygen atoms in total. The van der Waals surface area contributed by atoms with Crippen LogP contribution < -0.4 is 16.0 Å². The number of halogens is 4. The number of ether oxygens (including phenoxy) is 1. The Morgan fingerprint density at radius 2 is 1.67 bits per heavy atom. The number of aliphatic hydroxyl groups is 1. The number of cyclic esters (lactones) is 1. The van der Waals surface area contributed by atoms with Crippen molar-refractivity contribution in [1.29, 1.82) is 0 Å². The molecule has 0 aliphatic carbocycles. The van der Waals surface area contributed by atoms with E-state index in [1.165, 1.54) is 31.2 Å². The molecule has 0 saturated carbocycles. The van der Waals surface area contributed by atoms with Crippen molar-refractivity contribution in [3.63, 3.8) is 0 Å². The molecule has 6 atom stereocenters. The minimum Gasteiger partial charge on any atom is -0.507 e. The summed E-state index contributed by atoms with van der Waals surface area (Å²) in [5, 5.41) is 28.2. The molecule has 1 aromatic heterocycles. The van der Waals surface area contributed by atoms with E-state index in [0.29, 0.717) is 0 Å². The molecule has 3 amide bonds. The predicted octanol–water partition coefficient (Wildman–Crippen LogP) is 1.25. The van der Waals surface area contributed by atoms with Gasteiger partial charge in [-0.2, -0.15) is 18.2 Å². The first-order valence-electron chi connectivity index (χ1n) is 12.9. The van der Waals surface area contributed by atoms with Crippen LogP contribution in [0.3, 0.4) is 0 Å². The van der Waals surface area contributed by atoms with Gasteiger partial charge >= 0.3 is 5.97 Å². The Morgan fingerprint density at radius 1 is 1.02 bits per heavy atom. The third-order valence-electron chi connectivity index (χ3n) is 6.83. The van der Waals surface area contributed by atoms with Crippen molar-refractivity contribution in [2.24, 2.45) is 11.8 Å². The van der Waals surface area contributed by atoms with Crippen LogP contribution in [0.5, 0.6) is 5.75 Å². The quantitative estimate of drug-likeness (QED) is 0.195. The number of pyridine rings is 1. The van der Waals surface area contributed by atoms with Gasteiger partial charge in [0.2, 0.25) is 17.7 Å². The van der Waals surface area contributed by atoms with Gasteiger partial charge in [-0.25, -0.2) is 4.39 Å². The van der Waals surface area contributed by atoms with Gasteiger partial charge in [0.1, 0.15) is 11.8 Å². The second-order valence-corrected chi connectivity index (χ2v) is 10.3. The van der Waals surface area contributed by atoms with Crippen molar-refractivity contribution in [3.05, 3.63) is 58.9 Å². The van der Waals surface area contributed by atoms with E-state index in [4.69, 9.17) is 4.74 Å². The number of phenolic OH excluding ortho intramolecular Hbond substituents is 1. The van der Waals surface area contributed by atoms with Crippen molar-refractivity contribution in [2.75, 3.05) is 0 Å². The minimum absolute atomic E-state index is 0.230. The van der Waals surface area contributed by atoms with Gasteiger partial charge in [0.15, 0.2) is 11.9 Å². The van der Waals surface area contributed by atoms with Crippen LogP contribution in [0, 0.1) is 35.4 Å². The monoisotopic (exact) mass is 598 g/mol. The van der Waals surface area contributed by atoms with E-state index in [2.05, 4.69) is 20.9 Å². The molecular weight excluding hydrogens is 568 g/mol. The maximum absolute atomic E-state index is 14.5. The SMILES string of the molecule is CC(C)C1OC(=O)C(C)C(O)C(Cc2c(F)nc(F)c(F)c2F)NC(=O)C(NC(=O)c2ccccc2O)C(C)NC1=O. The Bertz CT molecular complexity index is 1380. The summed E-state index contributed by atoms with van der Waals surface area (Å²) in [5.41, 5.74) is -1.37. The fraction of sp³-hybridized carbons (Fsp3) is 0.444. The Hall–Kier alpha value is -4.27. The van der Waals surface area contributed by atoms with E-state index in [0.717, 1.165) is 6.92 Å². The predicted molar refractivity (Wildman–Crippen MR) is 137 cm³/mol. The van der Waals surface area contributed by atoms with Crippen molar-refractivity contribution >= 4 is 23.7 Å². The lowest BCUT2D eigenvalue weighted by Crippen LogP contribution is -2.62. The summed E-state index contributed by atoms with van der Waals surface area (Å²) in [6, 6.07) is 0.756. The number of aliphatic hydroxyl groups excluding tert-OH is 1. The highest BCUT2D eigenvalue weighted by molar-refractivity contribution is 6.00. The normalized spacial score (nSPS) is 25.5. The number of esters is 1. The fourth-order valence-corrected chi connectivity index (χ4v) is 4.34. The van der Waals surface area contributed by atoms with Crippen LogP contribution in [0.1, 0.15) is 43.6 Å². The van der Waals surface area contributed by atoms with Gasteiger partial charge in [-0.15, -0.1) is 0 Å². The molecule has 1 saturated heterocycles. The third-order valence-corrected chi connectivity index (χ3v) is 6.83. The zero-order chi connectivity index (χ0) is 31.5. The van der Waals surface area contributed by atoms with Crippen molar-refractivity contribution in [3.8, 4) is 5.75 Å². The Morgan fingerprint density at radius 3 is 2.29 bits per heavy atom. The van der Waals surface area contributed by atoms with E-state index < -0.39 is 107 Å². The molecule has 0 radical (unpaired) electrons. The summed E-state index contributed by atoms with van der Waals surface area (Å²) in [4.78, 5) is 55.1. The molecule has 6 unspecified atom stereocenters. The number of nitrogens with zero attached hydrogens (tertiary/aromatic N) is 1. The molecule has 2 heterocycles. The van der Waals surface area contributed by atoms with Crippen LogP contribution in [0.15, 0.2) is 24.3 Å². The Balaban J connectivity index is 2.07. The van der Waals surface area contributed by atoms with Gasteiger partial charge in [0, 0.05) is 12.0 Å². The Kier molecular flexibility index (Phi) is 10.1. The number of hydrogen-bond acceptors (Lipinski definition) is 8. The summed E-state index contributed by atoms with van der Waals surface area (Å²) in [7, 11) is 0. The van der Waals surface area contributed by atoms with Crippen LogP contribution in [0.4, 0.5) is 17.6 Å². The first kappa shape index (κ1) is 32.2. The van der Waals surface area contributed by atoms with Gasteiger partial charge in [0.25, 0.3) is 17.8 Å². The van der Waals surface area contributed by atoms with Gasteiger partial charge < -0.3 is 30.9 Å². The van der Waals surface area contributed by atoms with Crippen LogP contribution >= 0.6 is 0 Å². The third kappa shape index (κ3) is 6.95. The minimum atomic E-state index is -2.10. The second kappa shape index (κ2) is 13.1. The summed E-state index contributed by atoms with van der Waals surface area (Å²) in [6.45, 7) is 5.60. The molecule has 228 valence electrons. The van der Waals surface area contributed by atoms with Crippen LogP contribution in [0.2, 0.25) is 0 Å². The molecular formula is C27H30F4N4O7. The average Bonchev–Trinajstić information content (AvgIpc) is 2.93. The number of benzene rings is 1. The zero-order valence-corrected chi connectivity index (χ0v) is 23.0. The Labute approximate surface area is 237 Å². The summed E-state index contributed by atoms with van der Waals surface area (Å²) in [5.74, 6) is -14.4. The number of para-hydroxylation sites is 1. The number of rotatable bonds is 5. The highest BCUT2D eigenvalue weighted by Crippen LogP contribution is 2.23. The lowest BCUT2D eigenvalue weighted by atomic mass is 9.92. The molecule has 5 N–H and O–H groups in total. The number of hydrogen-bond donors (Lipinski definition) is 5. The van der Waals surface area contributed by atoms with Gasteiger partial charge in [0.05, 0.1) is 29.7 Å². The molecule has 0 bridgehead atoms. The highest BCUT2D eigenvalue weighted by Gasteiger charge is 2.40. The lowest BCUT2D eigenvalue weighted by Gasteiger charge is -2.34. The van der Waals surface area contributed by atoms with Crippen LogP contribution in [0.25, 0.3) is 0 Å². The lowest BCUT2D eigenvalue weighted by molar-refractivity contribution is -0.166. The first-order chi connectivity index (χ1) is 19.6. The molecule has 1 aliphatic rings. The number of phenols is 1. The maximum atomic E-state index is 14.5. The number of carbonyl (C=O) groups is 4. The summed E-state index contributed by atoms with van der Waals surface area (Å²) < 4.78 is 61.6. The molecule has 3 rings (SSSR count). The number of nitrogens with one attached hydrogen (secondary N) is 3. The molecule has 1 aromatic carbocycles. The van der Waals surface area contributed by atoms with Crippen molar-refractivity contribution < 1.29 is 51.7 Å². The molecule has 1 aliphatic heterocycles. The smallest absolute Gasteiger partial charge is 0.312 e. The molecule has 2 aromatic rings. The molecule has 0 spiro atoms. The fourth-order valence-electron chi connectivity index (χ4n) is 4.34.